The van der Waals surface area contributed by atoms with Crippen LogP contribution in [-0.2, 0) is 6.54 Å². The number of guanidine groups is 1. The van der Waals surface area contributed by atoms with Crippen LogP contribution in [0.3, 0.4) is 0 Å². The summed E-state index contributed by atoms with van der Waals surface area (Å²) in [6, 6.07) is 13.0. The molecule has 0 saturated heterocycles. The second-order valence-corrected chi connectivity index (χ2v) is 6.71. The average molecular weight is 331 g/mol. The minimum absolute atomic E-state index is 0.340. The van der Waals surface area contributed by atoms with E-state index in [0.29, 0.717) is 6.04 Å². The molecule has 2 aromatic rings. The van der Waals surface area contributed by atoms with E-state index in [1.165, 1.54) is 16.0 Å². The molecule has 0 aliphatic carbocycles. The normalized spacial score (nSPS) is 13.2. The zero-order valence-corrected chi connectivity index (χ0v) is 15.2. The van der Waals surface area contributed by atoms with E-state index in [0.717, 1.165) is 19.0 Å². The molecule has 0 fully saturated rings. The summed E-state index contributed by atoms with van der Waals surface area (Å²) in [5.74, 6) is 0.830. The second kappa shape index (κ2) is 8.70. The summed E-state index contributed by atoms with van der Waals surface area (Å²) in [6.07, 6.45) is 0. The SMILES string of the molecule is CN=C(NCc1ccccc1C)NCC(c1cccs1)N(C)C. The van der Waals surface area contributed by atoms with Crippen LogP contribution in [0.4, 0.5) is 0 Å². The fourth-order valence-electron chi connectivity index (χ4n) is 2.42. The molecule has 4 nitrogen and oxygen atoms in total. The van der Waals surface area contributed by atoms with Gasteiger partial charge in [-0.2, -0.15) is 0 Å². The van der Waals surface area contributed by atoms with E-state index in [-0.39, 0.29) is 0 Å². The first kappa shape index (κ1) is 17.5. The van der Waals surface area contributed by atoms with Gasteiger partial charge in [-0.3, -0.25) is 4.99 Å². The maximum atomic E-state index is 4.32. The molecule has 1 unspecified atom stereocenters. The standard InChI is InChI=1S/C18H26N4S/c1-14-8-5-6-9-15(14)12-20-18(19-2)21-13-16(22(3)4)17-10-7-11-23-17/h5-11,16H,12-13H2,1-4H3,(H2,19,20,21). The molecule has 1 heterocycles. The molecule has 0 aliphatic heterocycles. The van der Waals surface area contributed by atoms with Crippen LogP contribution in [0, 0.1) is 6.92 Å². The lowest BCUT2D eigenvalue weighted by molar-refractivity contribution is 0.302. The van der Waals surface area contributed by atoms with Crippen molar-refractivity contribution in [3.05, 3.63) is 57.8 Å². The number of rotatable bonds is 6. The maximum absolute atomic E-state index is 4.32. The van der Waals surface area contributed by atoms with Crippen LogP contribution in [0.25, 0.3) is 0 Å². The van der Waals surface area contributed by atoms with Crippen LogP contribution in [0.2, 0.25) is 0 Å². The lowest BCUT2D eigenvalue weighted by Crippen LogP contribution is -2.41. The molecule has 0 radical (unpaired) electrons. The van der Waals surface area contributed by atoms with Crippen molar-refractivity contribution in [3.8, 4) is 0 Å². The number of hydrogen-bond donors (Lipinski definition) is 2. The molecule has 5 heteroatoms. The van der Waals surface area contributed by atoms with Crippen LogP contribution >= 0.6 is 11.3 Å². The number of benzene rings is 1. The number of aliphatic imine (C=N–C) groups is 1. The van der Waals surface area contributed by atoms with Gasteiger partial charge in [-0.15, -0.1) is 11.3 Å². The summed E-state index contributed by atoms with van der Waals surface area (Å²) in [5, 5.41) is 8.94. The molecule has 0 saturated carbocycles. The molecule has 2 N–H and O–H groups in total. The third-order valence-corrected chi connectivity index (χ3v) is 4.86. The van der Waals surface area contributed by atoms with Gasteiger partial charge in [-0.1, -0.05) is 30.3 Å². The van der Waals surface area contributed by atoms with Crippen molar-refractivity contribution >= 4 is 17.3 Å². The number of nitrogens with zero attached hydrogens (tertiary/aromatic N) is 2. The second-order valence-electron chi connectivity index (χ2n) is 5.73. The third-order valence-electron chi connectivity index (χ3n) is 3.89. The number of hydrogen-bond acceptors (Lipinski definition) is 3. The van der Waals surface area contributed by atoms with Crippen molar-refractivity contribution in [1.29, 1.82) is 0 Å². The lowest BCUT2D eigenvalue weighted by atomic mass is 10.1. The average Bonchev–Trinajstić information content (AvgIpc) is 3.05. The molecule has 1 atom stereocenters. The summed E-state index contributed by atoms with van der Waals surface area (Å²) < 4.78 is 0. The van der Waals surface area contributed by atoms with Gasteiger partial charge >= 0.3 is 0 Å². The largest absolute Gasteiger partial charge is 0.354 e. The molecule has 124 valence electrons. The lowest BCUT2D eigenvalue weighted by Gasteiger charge is -2.24. The van der Waals surface area contributed by atoms with E-state index < -0.39 is 0 Å². The van der Waals surface area contributed by atoms with E-state index in [1.54, 1.807) is 11.3 Å². The zero-order valence-electron chi connectivity index (χ0n) is 14.3. The number of likely N-dealkylation sites (N-methyl/N-ethyl adjacent to an activating group) is 1. The molecule has 0 amide bonds. The summed E-state index contributed by atoms with van der Waals surface area (Å²) in [7, 11) is 6.02. The van der Waals surface area contributed by atoms with Crippen molar-refractivity contribution in [3.63, 3.8) is 0 Å². The summed E-state index contributed by atoms with van der Waals surface area (Å²) in [6.45, 7) is 3.73. The van der Waals surface area contributed by atoms with Gasteiger partial charge in [0.2, 0.25) is 0 Å². The van der Waals surface area contributed by atoms with Crippen molar-refractivity contribution in [2.24, 2.45) is 4.99 Å². The van der Waals surface area contributed by atoms with Gasteiger partial charge < -0.3 is 15.5 Å². The molecule has 0 spiro atoms. The van der Waals surface area contributed by atoms with E-state index in [2.05, 4.69) is 83.3 Å². The molecule has 1 aromatic heterocycles. The molecule has 1 aromatic carbocycles. The zero-order chi connectivity index (χ0) is 16.7. The molecule has 0 bridgehead atoms. The van der Waals surface area contributed by atoms with Crippen LogP contribution < -0.4 is 10.6 Å². The van der Waals surface area contributed by atoms with Gasteiger partial charge in [-0.05, 0) is 43.6 Å². The van der Waals surface area contributed by atoms with E-state index in [4.69, 9.17) is 0 Å². The molecule has 23 heavy (non-hydrogen) atoms. The quantitative estimate of drug-likeness (QED) is 0.632. The Bertz CT molecular complexity index is 620. The maximum Gasteiger partial charge on any atom is 0.191 e. The Kier molecular flexibility index (Phi) is 6.62. The predicted molar refractivity (Wildman–Crippen MR) is 100 cm³/mol. The van der Waals surface area contributed by atoms with Gasteiger partial charge in [0.15, 0.2) is 5.96 Å². The van der Waals surface area contributed by atoms with Gasteiger partial charge in [0.05, 0.1) is 6.04 Å². The predicted octanol–water partition coefficient (Wildman–Crippen LogP) is 3.02. The first-order chi connectivity index (χ1) is 11.1. The van der Waals surface area contributed by atoms with Gasteiger partial charge in [0.25, 0.3) is 0 Å². The third kappa shape index (κ3) is 5.08. The van der Waals surface area contributed by atoms with Gasteiger partial charge in [-0.25, -0.2) is 0 Å². The molecule has 2 rings (SSSR count). The van der Waals surface area contributed by atoms with E-state index in [1.807, 2.05) is 7.05 Å². The fraction of sp³-hybridized carbons (Fsp3) is 0.389. The first-order valence-electron chi connectivity index (χ1n) is 7.80. The van der Waals surface area contributed by atoms with Gasteiger partial charge in [0.1, 0.15) is 0 Å². The van der Waals surface area contributed by atoms with Crippen molar-refractivity contribution in [2.75, 3.05) is 27.7 Å². The number of nitrogens with one attached hydrogen (secondary N) is 2. The molecular formula is C18H26N4S. The van der Waals surface area contributed by atoms with Crippen LogP contribution in [0.15, 0.2) is 46.8 Å². The first-order valence-corrected chi connectivity index (χ1v) is 8.68. The minimum Gasteiger partial charge on any atom is -0.354 e. The van der Waals surface area contributed by atoms with Crippen LogP contribution in [-0.4, -0.2) is 38.5 Å². The Morgan fingerprint density at radius 2 is 1.96 bits per heavy atom. The van der Waals surface area contributed by atoms with Crippen molar-refractivity contribution in [2.45, 2.75) is 19.5 Å². The smallest absolute Gasteiger partial charge is 0.191 e. The van der Waals surface area contributed by atoms with Crippen molar-refractivity contribution < 1.29 is 0 Å². The minimum atomic E-state index is 0.340. The Hall–Kier alpha value is -1.85. The fourth-order valence-corrected chi connectivity index (χ4v) is 3.34. The summed E-state index contributed by atoms with van der Waals surface area (Å²) in [5.41, 5.74) is 2.58. The van der Waals surface area contributed by atoms with Gasteiger partial charge in [0, 0.05) is 25.0 Å². The summed E-state index contributed by atoms with van der Waals surface area (Å²) >= 11 is 1.79. The van der Waals surface area contributed by atoms with E-state index >= 15 is 0 Å². The Balaban J connectivity index is 1.91. The number of thiophene rings is 1. The highest BCUT2D eigenvalue weighted by Gasteiger charge is 2.15. The summed E-state index contributed by atoms with van der Waals surface area (Å²) in [4.78, 5) is 7.91. The van der Waals surface area contributed by atoms with Crippen LogP contribution in [0.5, 0.6) is 0 Å². The highest BCUT2D eigenvalue weighted by molar-refractivity contribution is 7.10. The van der Waals surface area contributed by atoms with E-state index in [9.17, 15) is 0 Å². The highest BCUT2D eigenvalue weighted by atomic mass is 32.1. The monoisotopic (exact) mass is 330 g/mol. The highest BCUT2D eigenvalue weighted by Crippen LogP contribution is 2.22. The van der Waals surface area contributed by atoms with Crippen molar-refractivity contribution in [1.82, 2.24) is 15.5 Å². The molecule has 0 aliphatic rings. The Morgan fingerprint density at radius 3 is 2.57 bits per heavy atom. The Morgan fingerprint density at radius 1 is 1.17 bits per heavy atom. The molecular weight excluding hydrogens is 304 g/mol. The Labute approximate surface area is 143 Å². The topological polar surface area (TPSA) is 39.7 Å². The van der Waals surface area contributed by atoms with Crippen LogP contribution in [0.1, 0.15) is 22.0 Å². The number of aryl methyl sites for hydroxylation is 1.